The second kappa shape index (κ2) is 2.70. The highest BCUT2D eigenvalue weighted by Gasteiger charge is 2.03. The van der Waals surface area contributed by atoms with Gasteiger partial charge in [-0.1, -0.05) is 12.1 Å². The molecule has 0 unspecified atom stereocenters. The van der Waals surface area contributed by atoms with E-state index in [2.05, 4.69) is 5.32 Å². The van der Waals surface area contributed by atoms with Crippen LogP contribution in [0.3, 0.4) is 0 Å². The maximum Gasteiger partial charge on any atom is 0.196 e. The molecule has 0 atom stereocenters. The predicted molar refractivity (Wildman–Crippen MR) is 48.0 cm³/mol. The van der Waals surface area contributed by atoms with Crippen molar-refractivity contribution in [1.82, 2.24) is 0 Å². The minimum Gasteiger partial charge on any atom is -0.619 e. The van der Waals surface area contributed by atoms with Crippen molar-refractivity contribution >= 4 is 11.9 Å². The molecule has 1 aliphatic heterocycles. The van der Waals surface area contributed by atoms with Gasteiger partial charge in [0.15, 0.2) is 12.4 Å². The first-order chi connectivity index (χ1) is 5.86. The monoisotopic (exact) mass is 160 g/mol. The number of anilines is 1. The summed E-state index contributed by atoms with van der Waals surface area (Å²) in [4.78, 5) is 0. The van der Waals surface area contributed by atoms with Crippen LogP contribution in [0.2, 0.25) is 0 Å². The molecule has 3 nitrogen and oxygen atoms in total. The topological polar surface area (TPSA) is 38.1 Å². The van der Waals surface area contributed by atoms with E-state index in [9.17, 15) is 5.21 Å². The molecular formula is C9H8N2O. The van der Waals surface area contributed by atoms with E-state index in [0.29, 0.717) is 0 Å². The van der Waals surface area contributed by atoms with Gasteiger partial charge in [-0.15, -0.1) is 0 Å². The number of nitrogens with zero attached hydrogens (tertiary/aromatic N) is 1. The van der Waals surface area contributed by atoms with Gasteiger partial charge >= 0.3 is 0 Å². The van der Waals surface area contributed by atoms with Gasteiger partial charge < -0.3 is 10.5 Å². The summed E-state index contributed by atoms with van der Waals surface area (Å²) in [5.74, 6) is 0. The van der Waals surface area contributed by atoms with Crippen LogP contribution in [-0.4, -0.2) is 11.0 Å². The number of hydrogen-bond donors (Lipinski definition) is 1. The highest BCUT2D eigenvalue weighted by Crippen LogP contribution is 2.13. The number of rotatable bonds is 0. The average Bonchev–Trinajstić information content (AvgIpc) is 2.25. The van der Waals surface area contributed by atoms with Gasteiger partial charge in [-0.05, 0) is 12.1 Å². The van der Waals surface area contributed by atoms with Crippen molar-refractivity contribution < 1.29 is 4.74 Å². The summed E-state index contributed by atoms with van der Waals surface area (Å²) in [5.41, 5.74) is 1.85. The third kappa shape index (κ3) is 1.16. The highest BCUT2D eigenvalue weighted by molar-refractivity contribution is 5.85. The van der Waals surface area contributed by atoms with Gasteiger partial charge in [0.25, 0.3) is 0 Å². The number of hydrogen-bond acceptors (Lipinski definition) is 2. The Labute approximate surface area is 70.2 Å². The molecule has 1 aromatic rings. The van der Waals surface area contributed by atoms with Crippen molar-refractivity contribution in [3.8, 4) is 0 Å². The standard InChI is InChI=1S/C9H8N2O/c12-11-6-5-10-9-4-2-1-3-8(9)7-11/h1-7,10H. The zero-order chi connectivity index (χ0) is 8.39. The van der Waals surface area contributed by atoms with Gasteiger partial charge in [-0.3, -0.25) is 0 Å². The maximum absolute atomic E-state index is 11.0. The molecule has 0 spiro atoms. The molecule has 0 radical (unpaired) electrons. The minimum absolute atomic E-state index is 0.777. The average molecular weight is 160 g/mol. The van der Waals surface area contributed by atoms with Crippen LogP contribution >= 0.6 is 0 Å². The van der Waals surface area contributed by atoms with E-state index < -0.39 is 0 Å². The SMILES string of the molecule is [O-][N+]1=Cc2ccccc2NC=C1. The molecule has 0 aliphatic carbocycles. The lowest BCUT2D eigenvalue weighted by Gasteiger charge is -1.99. The van der Waals surface area contributed by atoms with E-state index in [1.807, 2.05) is 24.3 Å². The van der Waals surface area contributed by atoms with Crippen LogP contribution in [0.1, 0.15) is 5.56 Å². The molecule has 2 rings (SSSR count). The Morgan fingerprint density at radius 2 is 2.08 bits per heavy atom. The largest absolute Gasteiger partial charge is 0.619 e. The molecule has 3 heteroatoms. The lowest BCUT2D eigenvalue weighted by atomic mass is 10.2. The zero-order valence-electron chi connectivity index (χ0n) is 6.40. The van der Waals surface area contributed by atoms with E-state index in [1.165, 1.54) is 12.4 Å². The number of nitrogens with one attached hydrogen (secondary N) is 1. The van der Waals surface area contributed by atoms with E-state index in [-0.39, 0.29) is 0 Å². The van der Waals surface area contributed by atoms with Crippen LogP contribution in [0, 0.1) is 5.21 Å². The van der Waals surface area contributed by atoms with Crippen molar-refractivity contribution in [1.29, 1.82) is 0 Å². The Balaban J connectivity index is 2.54. The lowest BCUT2D eigenvalue weighted by Crippen LogP contribution is -1.95. The van der Waals surface area contributed by atoms with Gasteiger partial charge in [0.2, 0.25) is 0 Å². The molecular weight excluding hydrogens is 152 g/mol. The van der Waals surface area contributed by atoms with E-state index in [4.69, 9.17) is 0 Å². The molecule has 0 fully saturated rings. The van der Waals surface area contributed by atoms with Crippen LogP contribution in [0.4, 0.5) is 5.69 Å². The quantitative estimate of drug-likeness (QED) is 0.461. The third-order valence-corrected chi connectivity index (χ3v) is 1.69. The number of hydroxylamine groups is 1. The van der Waals surface area contributed by atoms with Gasteiger partial charge in [-0.2, -0.15) is 4.74 Å². The summed E-state index contributed by atoms with van der Waals surface area (Å²) in [7, 11) is 0. The fourth-order valence-corrected chi connectivity index (χ4v) is 1.12. The molecule has 0 amide bonds. The molecule has 1 aliphatic rings. The van der Waals surface area contributed by atoms with Gasteiger partial charge in [0.05, 0.1) is 17.5 Å². The second-order valence-corrected chi connectivity index (χ2v) is 2.54. The van der Waals surface area contributed by atoms with Crippen molar-refractivity contribution in [3.05, 3.63) is 47.4 Å². The fourth-order valence-electron chi connectivity index (χ4n) is 1.12. The van der Waals surface area contributed by atoms with Gasteiger partial charge in [0, 0.05) is 0 Å². The summed E-state index contributed by atoms with van der Waals surface area (Å²) in [6.45, 7) is 0. The molecule has 0 bridgehead atoms. The smallest absolute Gasteiger partial charge is 0.196 e. The van der Waals surface area contributed by atoms with Crippen LogP contribution in [0.15, 0.2) is 36.7 Å². The second-order valence-electron chi connectivity index (χ2n) is 2.54. The summed E-state index contributed by atoms with van der Waals surface area (Å²) >= 11 is 0. The molecule has 0 saturated carbocycles. The molecule has 12 heavy (non-hydrogen) atoms. The molecule has 60 valence electrons. The first-order valence-corrected chi connectivity index (χ1v) is 3.69. The van der Waals surface area contributed by atoms with Crippen molar-refractivity contribution in [2.45, 2.75) is 0 Å². The van der Waals surface area contributed by atoms with Gasteiger partial charge in [0.1, 0.15) is 0 Å². The normalized spacial score (nSPS) is 14.2. The zero-order valence-corrected chi connectivity index (χ0v) is 6.40. The summed E-state index contributed by atoms with van der Waals surface area (Å²) in [6, 6.07) is 7.64. The van der Waals surface area contributed by atoms with Crippen LogP contribution in [0.5, 0.6) is 0 Å². The first kappa shape index (κ1) is 6.91. The Kier molecular flexibility index (Phi) is 1.55. The number of fused-ring (bicyclic) bond motifs is 1. The Hall–Kier alpha value is -1.77. The maximum atomic E-state index is 11.0. The fraction of sp³-hybridized carbons (Fsp3) is 0. The van der Waals surface area contributed by atoms with E-state index in [1.54, 1.807) is 6.20 Å². The van der Waals surface area contributed by atoms with E-state index in [0.717, 1.165) is 16.0 Å². The summed E-state index contributed by atoms with van der Waals surface area (Å²) in [6.07, 6.45) is 4.58. The molecule has 0 saturated heterocycles. The van der Waals surface area contributed by atoms with Gasteiger partial charge in [-0.25, -0.2) is 0 Å². The summed E-state index contributed by atoms with van der Waals surface area (Å²) < 4.78 is 0.777. The molecule has 0 aromatic heterocycles. The number of benzene rings is 1. The molecule has 1 heterocycles. The summed E-state index contributed by atoms with van der Waals surface area (Å²) in [5, 5.41) is 14.0. The predicted octanol–water partition coefficient (Wildman–Crippen LogP) is 1.51. The van der Waals surface area contributed by atoms with Crippen molar-refractivity contribution in [2.24, 2.45) is 0 Å². The first-order valence-electron chi connectivity index (χ1n) is 3.69. The Morgan fingerprint density at radius 1 is 1.25 bits per heavy atom. The van der Waals surface area contributed by atoms with Crippen LogP contribution < -0.4 is 5.32 Å². The number of para-hydroxylation sites is 1. The molecule has 1 aromatic carbocycles. The molecule has 1 N–H and O–H groups in total. The van der Waals surface area contributed by atoms with E-state index >= 15 is 0 Å². The Bertz CT molecular complexity index is 355. The Morgan fingerprint density at radius 3 is 3.00 bits per heavy atom. The van der Waals surface area contributed by atoms with Crippen molar-refractivity contribution in [2.75, 3.05) is 5.32 Å². The van der Waals surface area contributed by atoms with Crippen LogP contribution in [0.25, 0.3) is 0 Å². The lowest BCUT2D eigenvalue weighted by molar-refractivity contribution is -0.372. The highest BCUT2D eigenvalue weighted by atomic mass is 16.5. The third-order valence-electron chi connectivity index (χ3n) is 1.69. The van der Waals surface area contributed by atoms with Crippen LogP contribution in [-0.2, 0) is 0 Å². The van der Waals surface area contributed by atoms with Crippen molar-refractivity contribution in [3.63, 3.8) is 0 Å². The minimum atomic E-state index is 0.777.